The lowest BCUT2D eigenvalue weighted by Gasteiger charge is -2.11. The van der Waals surface area contributed by atoms with E-state index in [2.05, 4.69) is 5.32 Å². The zero-order chi connectivity index (χ0) is 21.4. The molecule has 0 saturated carbocycles. The Morgan fingerprint density at radius 1 is 1.14 bits per heavy atom. The van der Waals surface area contributed by atoms with Gasteiger partial charge in [0.1, 0.15) is 17.0 Å². The minimum atomic E-state index is -1.98. The molecule has 0 radical (unpaired) electrons. The van der Waals surface area contributed by atoms with Gasteiger partial charge in [-0.3, -0.25) is 14.9 Å². The molecule has 0 spiro atoms. The minimum absolute atomic E-state index is 0.0558. The fraction of sp³-hybridized carbons (Fsp3) is 0.444. The van der Waals surface area contributed by atoms with E-state index in [0.717, 1.165) is 19.5 Å². The molecule has 0 aromatic heterocycles. The number of rotatable bonds is 10. The molecule has 7 nitrogen and oxygen atoms in total. The number of hydrogen-bond donors (Lipinski definition) is 1. The fourth-order valence-corrected chi connectivity index (χ4v) is 2.22. The van der Waals surface area contributed by atoms with E-state index in [4.69, 9.17) is 4.74 Å². The van der Waals surface area contributed by atoms with E-state index in [1.54, 1.807) is 6.92 Å². The summed E-state index contributed by atoms with van der Waals surface area (Å²) in [7, 11) is 0. The van der Waals surface area contributed by atoms with E-state index in [1.807, 2.05) is 6.92 Å². The topological polar surface area (TPSA) is 98.5 Å². The molecular weight excluding hydrogens is 381 g/mol. The number of ketones is 1. The van der Waals surface area contributed by atoms with Gasteiger partial charge in [-0.25, -0.2) is 13.6 Å². The molecule has 154 valence electrons. The molecule has 0 aliphatic heterocycles. The third-order valence-electron chi connectivity index (χ3n) is 3.75. The van der Waals surface area contributed by atoms with Gasteiger partial charge in [0.15, 0.2) is 5.82 Å². The molecule has 0 heterocycles. The summed E-state index contributed by atoms with van der Waals surface area (Å²) in [6, 6.07) is 0. The molecule has 0 atom stereocenters. The Hall–Kier alpha value is -2.91. The van der Waals surface area contributed by atoms with Gasteiger partial charge in [0.2, 0.25) is 11.6 Å². The van der Waals surface area contributed by atoms with Crippen LogP contribution in [0.15, 0.2) is 11.8 Å². The summed E-state index contributed by atoms with van der Waals surface area (Å²) in [5, 5.41) is 13.8. The van der Waals surface area contributed by atoms with E-state index in [-0.39, 0.29) is 6.61 Å². The standard InChI is InChI=1S/C18H21F3N2O5/c1-4-6-7-22-9-11(18(25)28-8-5-2)17(24)12-13(19)10(3)14(20)15(21)16(12)23(26)27/h9,22H,4-8H2,1-3H3. The van der Waals surface area contributed by atoms with Crippen LogP contribution in [-0.2, 0) is 9.53 Å². The van der Waals surface area contributed by atoms with Gasteiger partial charge in [0.05, 0.1) is 11.5 Å². The molecule has 0 aliphatic rings. The van der Waals surface area contributed by atoms with Crippen LogP contribution in [0.25, 0.3) is 0 Å². The Bertz CT molecular complexity index is 809. The van der Waals surface area contributed by atoms with Crippen molar-refractivity contribution in [3.63, 3.8) is 0 Å². The number of unbranched alkanes of at least 4 members (excludes halogenated alkanes) is 1. The summed E-state index contributed by atoms with van der Waals surface area (Å²) in [4.78, 5) is 34.7. The zero-order valence-electron chi connectivity index (χ0n) is 15.7. The highest BCUT2D eigenvalue weighted by molar-refractivity contribution is 6.25. The number of ether oxygens (including phenoxy) is 1. The van der Waals surface area contributed by atoms with Gasteiger partial charge >= 0.3 is 11.7 Å². The monoisotopic (exact) mass is 402 g/mol. The molecule has 1 rings (SSSR count). The Kier molecular flexibility index (Phi) is 8.62. The van der Waals surface area contributed by atoms with E-state index < -0.39 is 56.5 Å². The maximum Gasteiger partial charge on any atom is 0.343 e. The Balaban J connectivity index is 3.54. The van der Waals surface area contributed by atoms with Gasteiger partial charge in [-0.05, 0) is 19.8 Å². The van der Waals surface area contributed by atoms with Gasteiger partial charge in [-0.15, -0.1) is 0 Å². The first-order valence-corrected chi connectivity index (χ1v) is 8.65. The van der Waals surface area contributed by atoms with Crippen LogP contribution >= 0.6 is 0 Å². The number of nitrogens with zero attached hydrogens (tertiary/aromatic N) is 1. The van der Waals surface area contributed by atoms with Crippen LogP contribution in [0.2, 0.25) is 0 Å². The highest BCUT2D eigenvalue weighted by atomic mass is 19.2. The van der Waals surface area contributed by atoms with Gasteiger partial charge in [-0.1, -0.05) is 20.3 Å². The number of hydrogen-bond acceptors (Lipinski definition) is 6. The van der Waals surface area contributed by atoms with Crippen LogP contribution in [0, 0.1) is 34.5 Å². The molecular formula is C18H21F3N2O5. The molecule has 0 bridgehead atoms. The molecule has 0 unspecified atom stereocenters. The van der Waals surface area contributed by atoms with Crippen molar-refractivity contribution in [2.24, 2.45) is 0 Å². The number of carbonyl (C=O) groups is 2. The molecule has 0 amide bonds. The summed E-state index contributed by atoms with van der Waals surface area (Å²) in [6.45, 7) is 4.72. The van der Waals surface area contributed by atoms with Crippen molar-refractivity contribution in [1.82, 2.24) is 5.32 Å². The summed E-state index contributed by atoms with van der Waals surface area (Å²) in [5.41, 5.74) is -4.67. The zero-order valence-corrected chi connectivity index (χ0v) is 15.7. The number of nitro benzene ring substituents is 1. The largest absolute Gasteiger partial charge is 0.462 e. The number of esters is 1. The minimum Gasteiger partial charge on any atom is -0.462 e. The highest BCUT2D eigenvalue weighted by Gasteiger charge is 2.37. The maximum absolute atomic E-state index is 14.5. The third-order valence-corrected chi connectivity index (χ3v) is 3.75. The second-order valence-electron chi connectivity index (χ2n) is 5.88. The Morgan fingerprint density at radius 2 is 1.79 bits per heavy atom. The first-order chi connectivity index (χ1) is 13.2. The van der Waals surface area contributed by atoms with Crippen molar-refractivity contribution < 1.29 is 32.4 Å². The molecule has 10 heteroatoms. The summed E-state index contributed by atoms with van der Waals surface area (Å²) in [5.74, 6) is -8.00. The molecule has 0 saturated heterocycles. The number of nitrogens with one attached hydrogen (secondary N) is 1. The number of Topliss-reactive ketones (excluding diaryl/α,β-unsaturated/α-hetero) is 1. The lowest BCUT2D eigenvalue weighted by Crippen LogP contribution is -2.23. The Morgan fingerprint density at radius 3 is 2.32 bits per heavy atom. The maximum atomic E-state index is 14.5. The molecule has 1 aromatic carbocycles. The van der Waals surface area contributed by atoms with E-state index >= 15 is 0 Å². The number of benzene rings is 1. The smallest absolute Gasteiger partial charge is 0.343 e. The van der Waals surface area contributed by atoms with Crippen molar-refractivity contribution in [2.75, 3.05) is 13.2 Å². The quantitative estimate of drug-likeness (QED) is 0.0737. The van der Waals surface area contributed by atoms with Crippen molar-refractivity contribution >= 4 is 17.4 Å². The van der Waals surface area contributed by atoms with Crippen LogP contribution in [0.1, 0.15) is 49.0 Å². The normalized spacial score (nSPS) is 11.3. The first-order valence-electron chi connectivity index (χ1n) is 8.65. The van der Waals surface area contributed by atoms with Gasteiger partial charge in [0.25, 0.3) is 0 Å². The van der Waals surface area contributed by atoms with Gasteiger partial charge in [-0.2, -0.15) is 4.39 Å². The highest BCUT2D eigenvalue weighted by Crippen LogP contribution is 2.32. The number of nitro groups is 1. The number of carbonyl (C=O) groups excluding carboxylic acids is 2. The van der Waals surface area contributed by atoms with Crippen LogP contribution in [0.4, 0.5) is 18.9 Å². The van der Waals surface area contributed by atoms with Crippen molar-refractivity contribution in [3.05, 3.63) is 50.5 Å². The van der Waals surface area contributed by atoms with Crippen LogP contribution in [0.5, 0.6) is 0 Å². The molecule has 28 heavy (non-hydrogen) atoms. The van der Waals surface area contributed by atoms with Crippen LogP contribution in [-0.4, -0.2) is 29.8 Å². The summed E-state index contributed by atoms with van der Waals surface area (Å²) >= 11 is 0. The van der Waals surface area contributed by atoms with Crippen LogP contribution < -0.4 is 5.32 Å². The molecule has 1 N–H and O–H groups in total. The second-order valence-corrected chi connectivity index (χ2v) is 5.88. The Labute approximate surface area is 159 Å². The SMILES string of the molecule is CCCCNC=C(C(=O)OCCC)C(=O)c1c(F)c(C)c(F)c(F)c1[N+](=O)[O-]. The third kappa shape index (κ3) is 5.08. The number of halogens is 3. The average Bonchev–Trinajstić information content (AvgIpc) is 2.66. The second kappa shape index (κ2) is 10.4. The molecule has 0 fully saturated rings. The first kappa shape index (κ1) is 23.1. The van der Waals surface area contributed by atoms with Crippen molar-refractivity contribution in [1.29, 1.82) is 0 Å². The fourth-order valence-electron chi connectivity index (χ4n) is 2.22. The lowest BCUT2D eigenvalue weighted by atomic mass is 9.98. The van der Waals surface area contributed by atoms with Gasteiger partial charge in [0, 0.05) is 18.3 Å². The predicted molar refractivity (Wildman–Crippen MR) is 94.3 cm³/mol. The lowest BCUT2D eigenvalue weighted by molar-refractivity contribution is -0.388. The summed E-state index contributed by atoms with van der Waals surface area (Å²) in [6.07, 6.45) is 2.85. The average molecular weight is 402 g/mol. The van der Waals surface area contributed by atoms with E-state index in [0.29, 0.717) is 19.4 Å². The van der Waals surface area contributed by atoms with Crippen LogP contribution in [0.3, 0.4) is 0 Å². The van der Waals surface area contributed by atoms with Crippen molar-refractivity contribution in [2.45, 2.75) is 40.0 Å². The van der Waals surface area contributed by atoms with E-state index in [9.17, 15) is 32.9 Å². The van der Waals surface area contributed by atoms with Crippen molar-refractivity contribution in [3.8, 4) is 0 Å². The van der Waals surface area contributed by atoms with E-state index in [1.165, 1.54) is 0 Å². The molecule has 1 aromatic rings. The summed E-state index contributed by atoms with van der Waals surface area (Å²) < 4.78 is 47.1. The predicted octanol–water partition coefficient (Wildman–Crippen LogP) is 3.73. The van der Waals surface area contributed by atoms with Gasteiger partial charge < -0.3 is 10.1 Å². The molecule has 0 aliphatic carbocycles.